The van der Waals surface area contributed by atoms with E-state index in [2.05, 4.69) is 46.1 Å². The Hall–Kier alpha value is -7.01. The fraction of sp³-hybridized carbons (Fsp3) is 0.302. The molecule has 0 aliphatic carbocycles. The van der Waals surface area contributed by atoms with Crippen LogP contribution in [0.2, 0.25) is 0 Å². The summed E-state index contributed by atoms with van der Waals surface area (Å²) in [7, 11) is 2.17. The van der Waals surface area contributed by atoms with Crippen LogP contribution in [0, 0.1) is 0 Å². The standard InChI is InChI=1S/C42H44N2O7S.C21H22N2O2/c45-26-29-17-19-30(20-18-29)37-25-36(28-52-42-44-39(31-11-5-3-6-12-31)40(51-42)32-13-7-4-8-14-32)49-41(50-37)33-21-23-34(24-22-33)43-38(48)16-10-2-1-9-15-35(47)27-46;1-22-11-10-20-18(13-22)17-4-2-3-5-19(17)23(20)12-15-6-8-16(9-7-15)21(25)14-24/h3-8,11-14,17-24,36-37,41,45-46H,1-2,9-10,15-16,25-28H2,(H,43,48);2-9,24H,10-14H2,1H3/t36-,37+,41+;/m1./s1. The number of para-hydroxylation sites is 1. The van der Waals surface area contributed by atoms with Crippen LogP contribution < -0.4 is 5.32 Å². The maximum atomic E-state index is 12.6. The summed E-state index contributed by atoms with van der Waals surface area (Å²) >= 11 is 1.51. The van der Waals surface area contributed by atoms with Crippen molar-refractivity contribution in [2.75, 3.05) is 37.9 Å². The number of hydrogen-bond donors (Lipinski definition) is 4. The Labute approximate surface area is 453 Å². The van der Waals surface area contributed by atoms with E-state index < -0.39 is 19.5 Å². The van der Waals surface area contributed by atoms with Gasteiger partial charge in [0.1, 0.15) is 18.9 Å². The van der Waals surface area contributed by atoms with E-state index in [1.54, 1.807) is 12.1 Å². The van der Waals surface area contributed by atoms with E-state index in [1.807, 2.05) is 121 Å². The van der Waals surface area contributed by atoms with Gasteiger partial charge >= 0.3 is 0 Å². The van der Waals surface area contributed by atoms with Crippen molar-refractivity contribution in [3.63, 3.8) is 0 Å². The highest BCUT2D eigenvalue weighted by Crippen LogP contribution is 2.41. The number of hydrogen-bond acceptors (Lipinski definition) is 12. The first-order valence-corrected chi connectivity index (χ1v) is 27.4. The SMILES string of the molecule is CN1CCc2c(c3ccccc3n2Cc2ccc(C(=O)CO)cc2)C1.O=C(CO)CCCCCCC(=O)Nc1ccc([C@H]2O[C@@H](CSc3nc(-c4ccccc4)c(-c4ccccc4)o3)C[C@@H](c3ccc(CO)cc3)O2)cc1. The van der Waals surface area contributed by atoms with E-state index in [1.165, 1.54) is 33.9 Å². The van der Waals surface area contributed by atoms with Crippen molar-refractivity contribution in [3.8, 4) is 22.6 Å². The van der Waals surface area contributed by atoms with Crippen LogP contribution in [0.25, 0.3) is 33.5 Å². The molecule has 0 radical (unpaired) electrons. The normalized spacial score (nSPS) is 16.3. The van der Waals surface area contributed by atoms with Gasteiger partial charge in [0.15, 0.2) is 23.6 Å². The third-order valence-corrected chi connectivity index (χ3v) is 15.0. The number of aromatic nitrogens is 2. The van der Waals surface area contributed by atoms with Crippen LogP contribution in [-0.2, 0) is 45.2 Å². The molecule has 3 atom stereocenters. The maximum absolute atomic E-state index is 12.6. The lowest BCUT2D eigenvalue weighted by atomic mass is 10.0. The number of nitrogens with zero attached hydrogens (tertiary/aromatic N) is 3. The summed E-state index contributed by atoms with van der Waals surface area (Å²) in [6, 6.07) is 51.5. The van der Waals surface area contributed by atoms with Crippen molar-refractivity contribution in [2.24, 2.45) is 0 Å². The number of ketones is 2. The molecule has 398 valence electrons. The van der Waals surface area contributed by atoms with Gasteiger partial charge in [-0.3, -0.25) is 14.4 Å². The highest BCUT2D eigenvalue weighted by molar-refractivity contribution is 7.99. The molecule has 2 aliphatic heterocycles. The van der Waals surface area contributed by atoms with Gasteiger partial charge in [-0.2, -0.15) is 0 Å². The average Bonchev–Trinajstić information content (AvgIpc) is 4.15. The van der Waals surface area contributed by atoms with Crippen molar-refractivity contribution in [2.45, 2.75) is 94.8 Å². The van der Waals surface area contributed by atoms with Crippen molar-refractivity contribution in [3.05, 3.63) is 197 Å². The molecule has 14 heteroatoms. The maximum Gasteiger partial charge on any atom is 0.256 e. The van der Waals surface area contributed by atoms with E-state index in [-0.39, 0.29) is 36.3 Å². The molecule has 4 N–H and O–H groups in total. The number of carbonyl (C=O) groups excluding carboxylic acids is 3. The van der Waals surface area contributed by atoms with E-state index in [0.29, 0.717) is 41.5 Å². The van der Waals surface area contributed by atoms with Crippen molar-refractivity contribution < 1.29 is 43.6 Å². The fourth-order valence-electron chi connectivity index (χ4n) is 9.90. The summed E-state index contributed by atoms with van der Waals surface area (Å²) in [5.41, 5.74) is 11.9. The predicted molar refractivity (Wildman–Crippen MR) is 300 cm³/mol. The molecular weight excluding hydrogens is 989 g/mol. The minimum atomic E-state index is -0.645. The Morgan fingerprint density at radius 2 is 1.36 bits per heavy atom. The lowest BCUT2D eigenvalue weighted by Gasteiger charge is -2.36. The van der Waals surface area contributed by atoms with Gasteiger partial charge in [-0.25, -0.2) is 4.98 Å². The monoisotopic (exact) mass is 1050 g/mol. The summed E-state index contributed by atoms with van der Waals surface area (Å²) in [5.74, 6) is 0.859. The number of unbranched alkanes of at least 4 members (excludes halogenated alkanes) is 3. The molecule has 0 spiro atoms. The van der Waals surface area contributed by atoms with Gasteiger partial charge in [-0.15, -0.1) is 0 Å². The number of oxazole rings is 1. The van der Waals surface area contributed by atoms with Crippen LogP contribution in [0.15, 0.2) is 167 Å². The van der Waals surface area contributed by atoms with E-state index in [0.717, 1.165) is 96.6 Å². The van der Waals surface area contributed by atoms with Gasteiger partial charge in [0.2, 0.25) is 5.91 Å². The third kappa shape index (κ3) is 14.3. The quantitative estimate of drug-likeness (QED) is 0.0305. The molecule has 10 rings (SSSR count). The molecule has 2 aromatic heterocycles. The van der Waals surface area contributed by atoms with E-state index in [4.69, 9.17) is 29.1 Å². The van der Waals surface area contributed by atoms with Crippen molar-refractivity contribution in [1.82, 2.24) is 14.5 Å². The first-order valence-electron chi connectivity index (χ1n) is 26.4. The molecule has 0 bridgehead atoms. The molecule has 77 heavy (non-hydrogen) atoms. The van der Waals surface area contributed by atoms with E-state index in [9.17, 15) is 19.5 Å². The molecule has 1 fully saturated rings. The minimum absolute atomic E-state index is 0.0284. The zero-order valence-electron chi connectivity index (χ0n) is 43.4. The molecule has 0 saturated carbocycles. The number of benzene rings is 6. The number of anilines is 1. The average molecular weight is 1060 g/mol. The molecule has 0 unspecified atom stereocenters. The van der Waals surface area contributed by atoms with Crippen molar-refractivity contribution >= 4 is 45.8 Å². The van der Waals surface area contributed by atoms with Crippen molar-refractivity contribution in [1.29, 1.82) is 0 Å². The van der Waals surface area contributed by atoms with Crippen LogP contribution in [0.3, 0.4) is 0 Å². The number of fused-ring (bicyclic) bond motifs is 3. The number of nitrogens with one attached hydrogen (secondary N) is 1. The van der Waals surface area contributed by atoms with Gasteiger partial charge in [0, 0.05) is 95.6 Å². The number of aliphatic hydroxyl groups excluding tert-OH is 3. The largest absolute Gasteiger partial charge is 0.431 e. The van der Waals surface area contributed by atoms with Gasteiger partial charge in [0.25, 0.3) is 5.22 Å². The number of likely N-dealkylation sites (N-methyl/N-ethyl adjacent to an activating group) is 1. The molecule has 1 amide bonds. The predicted octanol–water partition coefficient (Wildman–Crippen LogP) is 11.5. The smallest absolute Gasteiger partial charge is 0.256 e. The van der Waals surface area contributed by atoms with Crippen LogP contribution in [0.5, 0.6) is 0 Å². The van der Waals surface area contributed by atoms with Gasteiger partial charge in [0.05, 0.1) is 18.8 Å². The first-order chi connectivity index (χ1) is 37.7. The zero-order valence-corrected chi connectivity index (χ0v) is 44.2. The van der Waals surface area contributed by atoms with E-state index >= 15 is 0 Å². The lowest BCUT2D eigenvalue weighted by molar-refractivity contribution is -0.245. The summed E-state index contributed by atoms with van der Waals surface area (Å²) in [6.07, 6.45) is 4.52. The molecule has 2 aliphatic rings. The molecule has 6 aromatic carbocycles. The van der Waals surface area contributed by atoms with Gasteiger partial charge in [-0.05, 0) is 60.3 Å². The molecular formula is C63H66N4O9S. The Morgan fingerprint density at radius 3 is 2.06 bits per heavy atom. The third-order valence-electron chi connectivity index (χ3n) is 14.1. The highest BCUT2D eigenvalue weighted by atomic mass is 32.2. The highest BCUT2D eigenvalue weighted by Gasteiger charge is 2.33. The first kappa shape index (κ1) is 54.8. The summed E-state index contributed by atoms with van der Waals surface area (Å²) in [4.78, 5) is 42.7. The minimum Gasteiger partial charge on any atom is -0.431 e. The Kier molecular flexibility index (Phi) is 19.1. The number of carbonyl (C=O) groups is 3. The number of Topliss-reactive ketones (excluding diaryl/α,β-unsaturated/α-hetero) is 2. The number of thioether (sulfide) groups is 1. The number of amides is 1. The molecule has 8 aromatic rings. The second-order valence-corrected chi connectivity index (χ2v) is 20.6. The van der Waals surface area contributed by atoms with Crippen LogP contribution in [0.1, 0.15) is 101 Å². The summed E-state index contributed by atoms with van der Waals surface area (Å²) in [6.45, 7) is 1.99. The van der Waals surface area contributed by atoms with Gasteiger partial charge < -0.3 is 44.0 Å². The Bertz CT molecular complexity index is 3140. The second-order valence-electron chi connectivity index (χ2n) is 19.6. The molecule has 1 saturated heterocycles. The number of aliphatic hydroxyl groups is 3. The molecule has 4 heterocycles. The second kappa shape index (κ2) is 26.8. The number of ether oxygens (including phenoxy) is 2. The van der Waals surface area contributed by atoms with Gasteiger partial charge in [-0.1, -0.05) is 164 Å². The summed E-state index contributed by atoms with van der Waals surface area (Å²) < 4.78 is 21.9. The number of rotatable bonds is 21. The lowest BCUT2D eigenvalue weighted by Crippen LogP contribution is -2.31. The fourth-order valence-corrected chi connectivity index (χ4v) is 10.7. The molecule has 13 nitrogen and oxygen atoms in total. The Morgan fingerprint density at radius 1 is 0.701 bits per heavy atom. The van der Waals surface area contributed by atoms with Crippen LogP contribution in [-0.4, -0.2) is 85.9 Å². The van der Waals surface area contributed by atoms with Crippen LogP contribution in [0.4, 0.5) is 5.69 Å². The van der Waals surface area contributed by atoms with Crippen LogP contribution >= 0.6 is 11.8 Å². The summed E-state index contributed by atoms with van der Waals surface area (Å²) in [5, 5.41) is 32.3. The zero-order chi connectivity index (χ0) is 53.5. The topological polar surface area (TPSA) is 177 Å². The Balaban J connectivity index is 0.000000240.